The smallest absolute Gasteiger partial charge is 0.259 e. The summed E-state index contributed by atoms with van der Waals surface area (Å²) in [5.74, 6) is -0.217. The molecule has 0 radical (unpaired) electrons. The van der Waals surface area contributed by atoms with Gasteiger partial charge in [0, 0.05) is 18.2 Å². The molecule has 0 saturated carbocycles. The van der Waals surface area contributed by atoms with Crippen LogP contribution in [0.4, 0.5) is 0 Å². The number of hydrogen-bond acceptors (Lipinski definition) is 4. The summed E-state index contributed by atoms with van der Waals surface area (Å²) in [5, 5.41) is 0. The Morgan fingerprint density at radius 3 is 2.27 bits per heavy atom. The maximum atomic E-state index is 13.5. The average molecular weight is 399 g/mol. The highest BCUT2D eigenvalue weighted by Gasteiger charge is 2.50. The second kappa shape index (κ2) is 7.26. The number of amides is 1. The zero-order valence-corrected chi connectivity index (χ0v) is 17.0. The van der Waals surface area contributed by atoms with Gasteiger partial charge in [0.15, 0.2) is 11.6 Å². The molecule has 2 aromatic carbocycles. The van der Waals surface area contributed by atoms with Crippen LogP contribution in [0.2, 0.25) is 0 Å². The molecule has 1 heterocycles. The molecule has 150 valence electrons. The molecule has 1 amide bonds. The van der Waals surface area contributed by atoms with Gasteiger partial charge in [0.25, 0.3) is 5.91 Å². The Kier molecular flexibility index (Phi) is 4.74. The van der Waals surface area contributed by atoms with Gasteiger partial charge in [-0.3, -0.25) is 14.4 Å². The van der Waals surface area contributed by atoms with Crippen molar-refractivity contribution in [2.45, 2.75) is 12.5 Å². The first-order chi connectivity index (χ1) is 14.4. The summed E-state index contributed by atoms with van der Waals surface area (Å²) in [7, 11) is 3.21. The fourth-order valence-corrected chi connectivity index (χ4v) is 4.04. The fourth-order valence-electron chi connectivity index (χ4n) is 4.04. The van der Waals surface area contributed by atoms with Gasteiger partial charge in [0.1, 0.15) is 11.3 Å². The number of ketones is 2. The van der Waals surface area contributed by atoms with E-state index in [2.05, 4.69) is 0 Å². The molecule has 0 aromatic heterocycles. The van der Waals surface area contributed by atoms with E-state index in [0.29, 0.717) is 22.5 Å². The van der Waals surface area contributed by atoms with Crippen LogP contribution < -0.4 is 4.74 Å². The lowest BCUT2D eigenvalue weighted by molar-refractivity contribution is -0.126. The molecule has 30 heavy (non-hydrogen) atoms. The number of likely N-dealkylation sites (N-methyl/N-ethyl adjacent to an activating group) is 1. The van der Waals surface area contributed by atoms with Crippen LogP contribution in [0.1, 0.15) is 22.8 Å². The van der Waals surface area contributed by atoms with Crippen molar-refractivity contribution in [2.24, 2.45) is 0 Å². The van der Waals surface area contributed by atoms with Gasteiger partial charge in [-0.05, 0) is 60.6 Å². The van der Waals surface area contributed by atoms with Crippen LogP contribution in [0.3, 0.4) is 0 Å². The van der Waals surface area contributed by atoms with Gasteiger partial charge < -0.3 is 9.64 Å². The molecule has 5 nitrogen and oxygen atoms in total. The largest absolute Gasteiger partial charge is 0.497 e. The van der Waals surface area contributed by atoms with E-state index in [4.69, 9.17) is 4.74 Å². The lowest BCUT2D eigenvalue weighted by atomic mass is 9.78. The van der Waals surface area contributed by atoms with Crippen molar-refractivity contribution in [2.75, 3.05) is 14.2 Å². The van der Waals surface area contributed by atoms with Gasteiger partial charge in [0.2, 0.25) is 0 Å². The fraction of sp³-hybridized carbons (Fsp3) is 0.160. The maximum Gasteiger partial charge on any atom is 0.259 e. The van der Waals surface area contributed by atoms with Crippen molar-refractivity contribution in [3.8, 4) is 5.75 Å². The molecule has 0 N–H and O–H groups in total. The van der Waals surface area contributed by atoms with Crippen LogP contribution in [-0.2, 0) is 9.59 Å². The van der Waals surface area contributed by atoms with E-state index in [1.807, 2.05) is 30.3 Å². The number of ether oxygens (including phenoxy) is 1. The van der Waals surface area contributed by atoms with Crippen molar-refractivity contribution in [1.29, 1.82) is 0 Å². The molecule has 5 heteroatoms. The van der Waals surface area contributed by atoms with Gasteiger partial charge in [-0.25, -0.2) is 0 Å². The van der Waals surface area contributed by atoms with Crippen molar-refractivity contribution in [3.63, 3.8) is 0 Å². The molecule has 0 fully saturated rings. The third kappa shape index (κ3) is 2.90. The number of carbonyl (C=O) groups is 3. The van der Waals surface area contributed by atoms with Crippen LogP contribution in [0.15, 0.2) is 84.0 Å². The maximum absolute atomic E-state index is 13.5. The number of rotatable bonds is 4. The Morgan fingerprint density at radius 1 is 1.00 bits per heavy atom. The summed E-state index contributed by atoms with van der Waals surface area (Å²) >= 11 is 0. The normalized spacial score (nSPS) is 20.8. The molecule has 2 aliphatic rings. The number of hydrogen-bond donors (Lipinski definition) is 0. The minimum absolute atomic E-state index is 0.108. The average Bonchev–Trinajstić information content (AvgIpc) is 2.98. The highest BCUT2D eigenvalue weighted by Crippen LogP contribution is 2.46. The predicted octanol–water partition coefficient (Wildman–Crippen LogP) is 3.63. The topological polar surface area (TPSA) is 63.7 Å². The van der Waals surface area contributed by atoms with Gasteiger partial charge in [-0.1, -0.05) is 30.3 Å². The van der Waals surface area contributed by atoms with Gasteiger partial charge >= 0.3 is 0 Å². The summed E-state index contributed by atoms with van der Waals surface area (Å²) in [5.41, 5.74) is 1.39. The molecule has 1 aliphatic heterocycles. The molecule has 0 saturated heterocycles. The van der Waals surface area contributed by atoms with E-state index >= 15 is 0 Å². The first-order valence-electron chi connectivity index (χ1n) is 9.59. The molecule has 1 unspecified atom stereocenters. The Hall–Kier alpha value is -3.73. The Morgan fingerprint density at radius 2 is 1.67 bits per heavy atom. The summed E-state index contributed by atoms with van der Waals surface area (Å²) in [6.07, 6.45) is 4.95. The van der Waals surface area contributed by atoms with E-state index < -0.39 is 5.54 Å². The minimum atomic E-state index is -0.992. The molecule has 2 aromatic rings. The predicted molar refractivity (Wildman–Crippen MR) is 114 cm³/mol. The van der Waals surface area contributed by atoms with Crippen LogP contribution in [0.5, 0.6) is 5.75 Å². The highest BCUT2D eigenvalue weighted by atomic mass is 16.5. The molecule has 1 atom stereocenters. The van der Waals surface area contributed by atoms with E-state index in [0.717, 1.165) is 5.56 Å². The van der Waals surface area contributed by atoms with Crippen LogP contribution in [0, 0.1) is 0 Å². The number of benzene rings is 2. The van der Waals surface area contributed by atoms with Crippen LogP contribution in [-0.4, -0.2) is 42.1 Å². The van der Waals surface area contributed by atoms with Crippen molar-refractivity contribution in [3.05, 3.63) is 95.1 Å². The second-order valence-electron chi connectivity index (χ2n) is 7.39. The molecule has 0 bridgehead atoms. The summed E-state index contributed by atoms with van der Waals surface area (Å²) in [6, 6.07) is 16.0. The number of methoxy groups -OCH3 is 1. The number of carbonyl (C=O) groups excluding carboxylic acids is 3. The Labute approximate surface area is 175 Å². The van der Waals surface area contributed by atoms with Gasteiger partial charge in [-0.15, -0.1) is 0 Å². The number of allylic oxidation sites excluding steroid dienone is 2. The Bertz CT molecular complexity index is 1140. The quantitative estimate of drug-likeness (QED) is 0.582. The van der Waals surface area contributed by atoms with Gasteiger partial charge in [0.05, 0.1) is 12.7 Å². The summed E-state index contributed by atoms with van der Waals surface area (Å²) in [4.78, 5) is 40.5. The zero-order chi connectivity index (χ0) is 21.5. The first kappa shape index (κ1) is 19.6. The second-order valence-corrected chi connectivity index (χ2v) is 7.39. The monoisotopic (exact) mass is 399 g/mol. The lowest BCUT2D eigenvalue weighted by Crippen LogP contribution is -2.44. The highest BCUT2D eigenvalue weighted by molar-refractivity contribution is 6.33. The minimum Gasteiger partial charge on any atom is -0.497 e. The molecule has 4 rings (SSSR count). The molecular formula is C25H21NO4. The van der Waals surface area contributed by atoms with Crippen molar-refractivity contribution >= 4 is 23.0 Å². The molecular weight excluding hydrogens is 378 g/mol. The SMILES string of the molecule is COc1ccc(C(=O)C2=C(c3ccccc3)C3(C=CC(=O)C(C)=C3)N(C)C2=O)cc1. The Balaban J connectivity index is 1.97. The molecule has 1 aliphatic carbocycles. The summed E-state index contributed by atoms with van der Waals surface area (Å²) in [6.45, 7) is 1.72. The standard InChI is InChI=1S/C25H21NO4/c1-16-15-25(14-13-20(16)27)22(17-7-5-4-6-8-17)21(24(29)26(25)2)23(28)18-9-11-19(30-3)12-10-18/h4-15H,1-3H3. The number of nitrogens with zero attached hydrogens (tertiary/aromatic N) is 1. The van der Waals surface area contributed by atoms with E-state index in [9.17, 15) is 14.4 Å². The third-order valence-corrected chi connectivity index (χ3v) is 5.68. The molecule has 1 spiro atoms. The van der Waals surface area contributed by atoms with Crippen LogP contribution >= 0.6 is 0 Å². The first-order valence-corrected chi connectivity index (χ1v) is 9.59. The third-order valence-electron chi connectivity index (χ3n) is 5.68. The van der Waals surface area contributed by atoms with E-state index in [1.54, 1.807) is 57.5 Å². The van der Waals surface area contributed by atoms with Crippen LogP contribution in [0.25, 0.3) is 5.57 Å². The number of Topliss-reactive ketones (excluding diaryl/α,β-unsaturated/α-hetero) is 1. The zero-order valence-electron chi connectivity index (χ0n) is 17.0. The van der Waals surface area contributed by atoms with Crippen molar-refractivity contribution < 1.29 is 19.1 Å². The van der Waals surface area contributed by atoms with Gasteiger partial charge in [-0.2, -0.15) is 0 Å². The van der Waals surface area contributed by atoms with E-state index in [1.165, 1.54) is 11.0 Å². The lowest BCUT2D eigenvalue weighted by Gasteiger charge is -2.35. The summed E-state index contributed by atoms with van der Waals surface area (Å²) < 4.78 is 5.17. The van der Waals surface area contributed by atoms with E-state index in [-0.39, 0.29) is 23.0 Å². The van der Waals surface area contributed by atoms with Crippen molar-refractivity contribution in [1.82, 2.24) is 4.90 Å².